The van der Waals surface area contributed by atoms with Gasteiger partial charge in [0, 0.05) is 13.1 Å². The Morgan fingerprint density at radius 1 is 1.39 bits per heavy atom. The quantitative estimate of drug-likeness (QED) is 0.761. The van der Waals surface area contributed by atoms with Gasteiger partial charge in [0.05, 0.1) is 11.9 Å². The van der Waals surface area contributed by atoms with E-state index >= 15 is 0 Å². The SMILES string of the molecule is CCCN(CC)CCNC(=O)c1ccc(N)cn1. The van der Waals surface area contributed by atoms with Crippen LogP contribution in [0, 0.1) is 0 Å². The van der Waals surface area contributed by atoms with Gasteiger partial charge in [-0.15, -0.1) is 0 Å². The second-order valence-corrected chi connectivity index (χ2v) is 4.17. The molecule has 0 aliphatic heterocycles. The van der Waals surface area contributed by atoms with Crippen LogP contribution in [0.5, 0.6) is 0 Å². The molecule has 1 rings (SSSR count). The van der Waals surface area contributed by atoms with Gasteiger partial charge in [-0.2, -0.15) is 0 Å². The van der Waals surface area contributed by atoms with Crippen molar-refractivity contribution < 1.29 is 4.79 Å². The maximum Gasteiger partial charge on any atom is 0.269 e. The fourth-order valence-electron chi connectivity index (χ4n) is 1.70. The molecule has 0 aromatic carbocycles. The van der Waals surface area contributed by atoms with Crippen molar-refractivity contribution in [3.8, 4) is 0 Å². The number of carbonyl (C=O) groups is 1. The number of rotatable bonds is 7. The van der Waals surface area contributed by atoms with Gasteiger partial charge in [0.25, 0.3) is 5.91 Å². The predicted molar refractivity (Wildman–Crippen MR) is 73.4 cm³/mol. The van der Waals surface area contributed by atoms with Crippen LogP contribution in [0.15, 0.2) is 18.3 Å². The van der Waals surface area contributed by atoms with Crippen LogP contribution in [0.2, 0.25) is 0 Å². The maximum absolute atomic E-state index is 11.8. The number of anilines is 1. The first-order valence-electron chi connectivity index (χ1n) is 6.39. The summed E-state index contributed by atoms with van der Waals surface area (Å²) < 4.78 is 0. The molecule has 0 saturated carbocycles. The number of hydrogen-bond donors (Lipinski definition) is 2. The van der Waals surface area contributed by atoms with Crippen molar-refractivity contribution in [3.05, 3.63) is 24.0 Å². The summed E-state index contributed by atoms with van der Waals surface area (Å²) in [4.78, 5) is 18.0. The van der Waals surface area contributed by atoms with Gasteiger partial charge in [0.15, 0.2) is 0 Å². The van der Waals surface area contributed by atoms with E-state index in [1.165, 1.54) is 6.20 Å². The van der Waals surface area contributed by atoms with Crippen molar-refractivity contribution in [2.24, 2.45) is 0 Å². The van der Waals surface area contributed by atoms with Crippen molar-refractivity contribution >= 4 is 11.6 Å². The van der Waals surface area contributed by atoms with Gasteiger partial charge >= 0.3 is 0 Å². The molecule has 0 atom stereocenters. The van der Waals surface area contributed by atoms with Crippen LogP contribution in [0.3, 0.4) is 0 Å². The van der Waals surface area contributed by atoms with Crippen LogP contribution in [0.4, 0.5) is 5.69 Å². The van der Waals surface area contributed by atoms with Crippen LogP contribution in [0.1, 0.15) is 30.8 Å². The number of aromatic nitrogens is 1. The van der Waals surface area contributed by atoms with Crippen molar-refractivity contribution in [1.29, 1.82) is 0 Å². The molecule has 5 nitrogen and oxygen atoms in total. The fraction of sp³-hybridized carbons (Fsp3) is 0.538. The molecule has 0 fully saturated rings. The third-order valence-corrected chi connectivity index (χ3v) is 2.72. The Hall–Kier alpha value is -1.62. The van der Waals surface area contributed by atoms with E-state index in [2.05, 4.69) is 29.0 Å². The van der Waals surface area contributed by atoms with Crippen molar-refractivity contribution in [3.63, 3.8) is 0 Å². The van der Waals surface area contributed by atoms with Gasteiger partial charge in [-0.3, -0.25) is 4.79 Å². The van der Waals surface area contributed by atoms with Crippen LogP contribution < -0.4 is 11.1 Å². The lowest BCUT2D eigenvalue weighted by Crippen LogP contribution is -2.35. The summed E-state index contributed by atoms with van der Waals surface area (Å²) in [5.74, 6) is -0.150. The minimum Gasteiger partial charge on any atom is -0.397 e. The third-order valence-electron chi connectivity index (χ3n) is 2.72. The summed E-state index contributed by atoms with van der Waals surface area (Å²) >= 11 is 0. The molecule has 0 spiro atoms. The van der Waals surface area contributed by atoms with E-state index in [0.717, 1.165) is 26.1 Å². The first kappa shape index (κ1) is 14.4. The highest BCUT2D eigenvalue weighted by atomic mass is 16.1. The summed E-state index contributed by atoms with van der Waals surface area (Å²) in [6.45, 7) is 7.85. The highest BCUT2D eigenvalue weighted by molar-refractivity contribution is 5.92. The average Bonchev–Trinajstić information content (AvgIpc) is 2.38. The Morgan fingerprint density at radius 3 is 2.72 bits per heavy atom. The predicted octanol–water partition coefficient (Wildman–Crippen LogP) is 1.13. The van der Waals surface area contributed by atoms with Gasteiger partial charge in [0.2, 0.25) is 0 Å². The van der Waals surface area contributed by atoms with Gasteiger partial charge in [-0.25, -0.2) is 4.98 Å². The van der Waals surface area contributed by atoms with E-state index in [9.17, 15) is 4.79 Å². The lowest BCUT2D eigenvalue weighted by molar-refractivity contribution is 0.0943. The minimum absolute atomic E-state index is 0.150. The molecule has 0 aliphatic carbocycles. The molecular formula is C13H22N4O. The van der Waals surface area contributed by atoms with Crippen LogP contribution in [-0.4, -0.2) is 42.0 Å². The average molecular weight is 250 g/mol. The molecule has 18 heavy (non-hydrogen) atoms. The summed E-state index contributed by atoms with van der Waals surface area (Å²) in [5, 5.41) is 2.86. The topological polar surface area (TPSA) is 71.2 Å². The Kier molecular flexibility index (Phi) is 6.14. The van der Waals surface area contributed by atoms with Gasteiger partial charge in [-0.05, 0) is 31.6 Å². The van der Waals surface area contributed by atoms with E-state index in [1.807, 2.05) is 0 Å². The molecule has 1 aromatic heterocycles. The second-order valence-electron chi connectivity index (χ2n) is 4.17. The monoisotopic (exact) mass is 250 g/mol. The lowest BCUT2D eigenvalue weighted by Gasteiger charge is -2.19. The Morgan fingerprint density at radius 2 is 2.17 bits per heavy atom. The first-order valence-corrected chi connectivity index (χ1v) is 6.39. The fourth-order valence-corrected chi connectivity index (χ4v) is 1.70. The number of nitrogens with one attached hydrogen (secondary N) is 1. The number of pyridine rings is 1. The van der Waals surface area contributed by atoms with Crippen LogP contribution >= 0.6 is 0 Å². The summed E-state index contributed by atoms with van der Waals surface area (Å²) in [5.41, 5.74) is 6.48. The standard InChI is InChI=1S/C13H22N4O/c1-3-8-17(4-2)9-7-15-13(18)12-6-5-11(14)10-16-12/h5-6,10H,3-4,7-9,14H2,1-2H3,(H,15,18). The van der Waals surface area contributed by atoms with Gasteiger partial charge in [-0.1, -0.05) is 13.8 Å². The summed E-state index contributed by atoms with van der Waals surface area (Å²) in [7, 11) is 0. The molecule has 1 heterocycles. The zero-order valence-corrected chi connectivity index (χ0v) is 11.1. The first-order chi connectivity index (χ1) is 8.67. The number of amides is 1. The summed E-state index contributed by atoms with van der Waals surface area (Å²) in [6.07, 6.45) is 2.62. The Balaban J connectivity index is 2.35. The molecule has 0 radical (unpaired) electrons. The van der Waals surface area contributed by atoms with E-state index in [-0.39, 0.29) is 5.91 Å². The molecular weight excluding hydrogens is 228 g/mol. The molecule has 100 valence electrons. The van der Waals surface area contributed by atoms with E-state index in [0.29, 0.717) is 17.9 Å². The Bertz CT molecular complexity index is 364. The second kappa shape index (κ2) is 7.66. The maximum atomic E-state index is 11.8. The molecule has 0 saturated heterocycles. The lowest BCUT2D eigenvalue weighted by atomic mass is 10.3. The molecule has 0 bridgehead atoms. The van der Waals surface area contributed by atoms with Crippen LogP contribution in [0.25, 0.3) is 0 Å². The van der Waals surface area contributed by atoms with E-state index < -0.39 is 0 Å². The number of nitrogens with zero attached hydrogens (tertiary/aromatic N) is 2. The molecule has 3 N–H and O–H groups in total. The Labute approximate surface area is 108 Å². The number of hydrogen-bond acceptors (Lipinski definition) is 4. The number of likely N-dealkylation sites (N-methyl/N-ethyl adjacent to an activating group) is 1. The normalized spacial score (nSPS) is 10.6. The molecule has 0 unspecified atom stereocenters. The summed E-state index contributed by atoms with van der Waals surface area (Å²) in [6, 6.07) is 3.31. The third kappa shape index (κ3) is 4.71. The molecule has 1 aromatic rings. The van der Waals surface area contributed by atoms with Crippen molar-refractivity contribution in [2.45, 2.75) is 20.3 Å². The van der Waals surface area contributed by atoms with Gasteiger partial charge in [0.1, 0.15) is 5.69 Å². The molecule has 1 amide bonds. The van der Waals surface area contributed by atoms with Gasteiger partial charge < -0.3 is 16.0 Å². The highest BCUT2D eigenvalue weighted by Gasteiger charge is 2.07. The molecule has 5 heteroatoms. The van der Waals surface area contributed by atoms with E-state index in [4.69, 9.17) is 5.73 Å². The van der Waals surface area contributed by atoms with Crippen molar-refractivity contribution in [1.82, 2.24) is 15.2 Å². The number of nitrogen functional groups attached to an aromatic ring is 1. The van der Waals surface area contributed by atoms with Crippen LogP contribution in [-0.2, 0) is 0 Å². The minimum atomic E-state index is -0.150. The highest BCUT2D eigenvalue weighted by Crippen LogP contribution is 2.00. The smallest absolute Gasteiger partial charge is 0.269 e. The zero-order chi connectivity index (χ0) is 13.4. The molecule has 0 aliphatic rings. The van der Waals surface area contributed by atoms with Crippen molar-refractivity contribution in [2.75, 3.05) is 31.9 Å². The van der Waals surface area contributed by atoms with E-state index in [1.54, 1.807) is 12.1 Å². The number of carbonyl (C=O) groups excluding carboxylic acids is 1. The largest absolute Gasteiger partial charge is 0.397 e. The number of nitrogens with two attached hydrogens (primary N) is 1. The zero-order valence-electron chi connectivity index (χ0n) is 11.1.